The van der Waals surface area contributed by atoms with Gasteiger partial charge < -0.3 is 5.32 Å². The molecule has 0 aliphatic rings. The zero-order valence-corrected chi connectivity index (χ0v) is 12.1. The minimum Gasteiger partial charge on any atom is -0.304 e. The Morgan fingerprint density at radius 1 is 0.900 bits per heavy atom. The Labute approximate surface area is 122 Å². The molecule has 0 saturated heterocycles. The van der Waals surface area contributed by atoms with E-state index >= 15 is 0 Å². The lowest BCUT2D eigenvalue weighted by Crippen LogP contribution is -2.22. The van der Waals surface area contributed by atoms with Gasteiger partial charge in [0.2, 0.25) is 0 Å². The summed E-state index contributed by atoms with van der Waals surface area (Å²) in [6.07, 6.45) is 0. The van der Waals surface area contributed by atoms with Crippen LogP contribution in [0.4, 0.5) is 8.78 Å². The standard InChI is InChI=1S/C16H16ClF2N/c1-10(12-4-3-5-14(17)8-12)20-11(2)13-6-7-15(18)16(19)9-13/h3-11,20H,1-2H3/t10-,11?/m0/s1. The molecule has 4 heteroatoms. The molecular formula is C16H16ClF2N. The maximum atomic E-state index is 13.2. The zero-order valence-electron chi connectivity index (χ0n) is 11.3. The van der Waals surface area contributed by atoms with Crippen LogP contribution in [0.3, 0.4) is 0 Å². The molecule has 0 saturated carbocycles. The third-order valence-electron chi connectivity index (χ3n) is 3.29. The number of halogens is 3. The maximum absolute atomic E-state index is 13.2. The molecule has 1 unspecified atom stereocenters. The number of hydrogen-bond acceptors (Lipinski definition) is 1. The molecule has 0 heterocycles. The van der Waals surface area contributed by atoms with Crippen LogP contribution in [-0.4, -0.2) is 0 Å². The van der Waals surface area contributed by atoms with Gasteiger partial charge in [-0.15, -0.1) is 0 Å². The Hall–Kier alpha value is -1.45. The smallest absolute Gasteiger partial charge is 0.159 e. The van der Waals surface area contributed by atoms with Gasteiger partial charge in [-0.3, -0.25) is 0 Å². The molecule has 2 atom stereocenters. The quantitative estimate of drug-likeness (QED) is 0.834. The van der Waals surface area contributed by atoms with E-state index in [1.54, 1.807) is 6.07 Å². The summed E-state index contributed by atoms with van der Waals surface area (Å²) in [6.45, 7) is 3.91. The van der Waals surface area contributed by atoms with Crippen molar-refractivity contribution >= 4 is 11.6 Å². The van der Waals surface area contributed by atoms with Crippen molar-refractivity contribution in [1.82, 2.24) is 5.32 Å². The minimum absolute atomic E-state index is 0.0526. The van der Waals surface area contributed by atoms with E-state index in [0.29, 0.717) is 10.6 Å². The summed E-state index contributed by atoms with van der Waals surface area (Å²) in [5.74, 6) is -1.66. The van der Waals surface area contributed by atoms with E-state index in [1.165, 1.54) is 6.07 Å². The average Bonchev–Trinajstić information content (AvgIpc) is 2.41. The molecule has 0 aromatic heterocycles. The van der Waals surface area contributed by atoms with Crippen molar-refractivity contribution in [2.24, 2.45) is 0 Å². The number of rotatable bonds is 4. The van der Waals surface area contributed by atoms with Crippen molar-refractivity contribution in [2.75, 3.05) is 0 Å². The van der Waals surface area contributed by atoms with Crippen molar-refractivity contribution < 1.29 is 8.78 Å². The van der Waals surface area contributed by atoms with Gasteiger partial charge >= 0.3 is 0 Å². The predicted molar refractivity (Wildman–Crippen MR) is 77.8 cm³/mol. The average molecular weight is 296 g/mol. The highest BCUT2D eigenvalue weighted by molar-refractivity contribution is 6.30. The number of hydrogen-bond donors (Lipinski definition) is 1. The second-order valence-electron chi connectivity index (χ2n) is 4.84. The molecule has 0 aliphatic carbocycles. The van der Waals surface area contributed by atoms with Gasteiger partial charge in [-0.1, -0.05) is 29.8 Å². The van der Waals surface area contributed by atoms with E-state index in [4.69, 9.17) is 11.6 Å². The zero-order chi connectivity index (χ0) is 14.7. The van der Waals surface area contributed by atoms with Crippen molar-refractivity contribution in [1.29, 1.82) is 0 Å². The van der Waals surface area contributed by atoms with Gasteiger partial charge in [0.1, 0.15) is 0 Å². The summed E-state index contributed by atoms with van der Waals surface area (Å²) < 4.78 is 26.2. The largest absolute Gasteiger partial charge is 0.304 e. The monoisotopic (exact) mass is 295 g/mol. The van der Waals surface area contributed by atoms with Crippen LogP contribution >= 0.6 is 11.6 Å². The summed E-state index contributed by atoms with van der Waals surface area (Å²) in [7, 11) is 0. The lowest BCUT2D eigenvalue weighted by Gasteiger charge is -2.21. The fourth-order valence-corrected chi connectivity index (χ4v) is 2.32. The topological polar surface area (TPSA) is 12.0 Å². The van der Waals surface area contributed by atoms with E-state index in [1.807, 2.05) is 38.1 Å². The summed E-state index contributed by atoms with van der Waals surface area (Å²) in [6, 6.07) is 11.5. The Morgan fingerprint density at radius 2 is 1.55 bits per heavy atom. The van der Waals surface area contributed by atoms with Crippen LogP contribution in [0.1, 0.15) is 37.1 Å². The van der Waals surface area contributed by atoms with E-state index in [2.05, 4.69) is 5.32 Å². The van der Waals surface area contributed by atoms with Crippen LogP contribution in [0.15, 0.2) is 42.5 Å². The summed E-state index contributed by atoms with van der Waals surface area (Å²) in [5, 5.41) is 4.02. The summed E-state index contributed by atoms with van der Waals surface area (Å²) in [5.41, 5.74) is 1.75. The van der Waals surface area contributed by atoms with Crippen LogP contribution in [0.25, 0.3) is 0 Å². The molecule has 0 fully saturated rings. The molecule has 1 nitrogen and oxygen atoms in total. The second-order valence-corrected chi connectivity index (χ2v) is 5.28. The highest BCUT2D eigenvalue weighted by Crippen LogP contribution is 2.22. The normalized spacial score (nSPS) is 14.1. The Kier molecular flexibility index (Phi) is 4.73. The van der Waals surface area contributed by atoms with E-state index in [9.17, 15) is 8.78 Å². The van der Waals surface area contributed by atoms with E-state index < -0.39 is 11.6 Å². The van der Waals surface area contributed by atoms with Crippen molar-refractivity contribution in [3.05, 3.63) is 70.2 Å². The maximum Gasteiger partial charge on any atom is 0.159 e. The molecule has 2 aromatic rings. The van der Waals surface area contributed by atoms with Crippen molar-refractivity contribution in [2.45, 2.75) is 25.9 Å². The Bertz CT molecular complexity index is 601. The van der Waals surface area contributed by atoms with Gasteiger partial charge in [0, 0.05) is 17.1 Å². The minimum atomic E-state index is -0.830. The highest BCUT2D eigenvalue weighted by atomic mass is 35.5. The Balaban J connectivity index is 2.10. The first-order valence-electron chi connectivity index (χ1n) is 6.44. The summed E-state index contributed by atoms with van der Waals surface area (Å²) >= 11 is 5.96. The van der Waals surface area contributed by atoms with Crippen LogP contribution < -0.4 is 5.32 Å². The third-order valence-corrected chi connectivity index (χ3v) is 3.53. The first kappa shape index (κ1) is 14.9. The molecule has 0 amide bonds. The Morgan fingerprint density at radius 3 is 2.15 bits per heavy atom. The molecule has 1 N–H and O–H groups in total. The van der Waals surface area contributed by atoms with Gasteiger partial charge in [0.25, 0.3) is 0 Å². The van der Waals surface area contributed by atoms with Gasteiger partial charge in [-0.05, 0) is 49.2 Å². The van der Waals surface area contributed by atoms with Gasteiger partial charge in [-0.25, -0.2) is 8.78 Å². The molecule has 0 aliphatic heterocycles. The molecule has 106 valence electrons. The summed E-state index contributed by atoms with van der Waals surface area (Å²) in [4.78, 5) is 0. The molecule has 2 aromatic carbocycles. The molecule has 0 spiro atoms. The van der Waals surface area contributed by atoms with E-state index in [-0.39, 0.29) is 12.1 Å². The van der Waals surface area contributed by atoms with Gasteiger partial charge in [0.05, 0.1) is 0 Å². The fraction of sp³-hybridized carbons (Fsp3) is 0.250. The molecule has 0 bridgehead atoms. The fourth-order valence-electron chi connectivity index (χ4n) is 2.13. The molecule has 2 rings (SSSR count). The molecular weight excluding hydrogens is 280 g/mol. The SMILES string of the molecule is CC(N[C@@H](C)c1cccc(Cl)c1)c1ccc(F)c(F)c1. The van der Waals surface area contributed by atoms with Crippen molar-refractivity contribution in [3.63, 3.8) is 0 Å². The van der Waals surface area contributed by atoms with Crippen LogP contribution in [0.2, 0.25) is 5.02 Å². The highest BCUT2D eigenvalue weighted by Gasteiger charge is 2.13. The van der Waals surface area contributed by atoms with Gasteiger partial charge in [-0.2, -0.15) is 0 Å². The third kappa shape index (κ3) is 3.56. The molecule has 0 radical (unpaired) electrons. The van der Waals surface area contributed by atoms with Gasteiger partial charge in [0.15, 0.2) is 11.6 Å². The predicted octanol–water partition coefficient (Wildman–Crippen LogP) is 5.03. The van der Waals surface area contributed by atoms with Crippen molar-refractivity contribution in [3.8, 4) is 0 Å². The van der Waals surface area contributed by atoms with Crippen LogP contribution in [0.5, 0.6) is 0 Å². The first-order chi connectivity index (χ1) is 9.47. The first-order valence-corrected chi connectivity index (χ1v) is 6.81. The van der Waals surface area contributed by atoms with Crippen LogP contribution in [0, 0.1) is 11.6 Å². The number of nitrogens with one attached hydrogen (secondary N) is 1. The second kappa shape index (κ2) is 6.33. The molecule has 20 heavy (non-hydrogen) atoms. The lowest BCUT2D eigenvalue weighted by molar-refractivity contribution is 0.480. The number of benzene rings is 2. The van der Waals surface area contributed by atoms with E-state index in [0.717, 1.165) is 11.6 Å². The lowest BCUT2D eigenvalue weighted by atomic mass is 10.0. The van der Waals surface area contributed by atoms with Crippen LogP contribution in [-0.2, 0) is 0 Å².